The minimum absolute atomic E-state index is 0.108. The minimum Gasteiger partial charge on any atom is -0.498 e. The maximum absolute atomic E-state index is 10.6. The Morgan fingerprint density at radius 2 is 1.50 bits per heavy atom. The third-order valence-corrected chi connectivity index (χ3v) is 2.76. The second kappa shape index (κ2) is 8.14. The zero-order valence-electron chi connectivity index (χ0n) is 11.9. The van der Waals surface area contributed by atoms with Crippen LogP contribution in [0.4, 0.5) is 0 Å². The summed E-state index contributed by atoms with van der Waals surface area (Å²) in [6.45, 7) is 8.91. The average Bonchev–Trinajstić information content (AvgIpc) is 2.32. The Bertz CT molecular complexity index is 257. The van der Waals surface area contributed by atoms with Gasteiger partial charge in [-0.2, -0.15) is 0 Å². The molecule has 0 rings (SSSR count). The van der Waals surface area contributed by atoms with Gasteiger partial charge in [-0.25, -0.2) is 0 Å². The number of hydrogen-bond donors (Lipinski definition) is 1. The molecule has 0 spiro atoms. The van der Waals surface area contributed by atoms with Crippen LogP contribution in [0.3, 0.4) is 0 Å². The Morgan fingerprint density at radius 1 is 1.00 bits per heavy atom. The lowest BCUT2D eigenvalue weighted by Crippen LogP contribution is -2.18. The molecule has 0 atom stereocenters. The quantitative estimate of drug-likeness (QED) is 0.371. The summed E-state index contributed by atoms with van der Waals surface area (Å²) in [7, 11) is 0. The number of ether oxygens (including phenoxy) is 2. The standard InChI is InChI=1S/C14H26O4/c1-13(2,11-15)5-7-17-9-10-18-8-6-14(3,4)12-16/h9-11,16H,5-8,12H2,1-4H3. The first-order valence-electron chi connectivity index (χ1n) is 6.28. The largest absolute Gasteiger partial charge is 0.498 e. The molecule has 4 heteroatoms. The fourth-order valence-corrected chi connectivity index (χ4v) is 1.01. The number of aliphatic hydroxyl groups is 1. The number of rotatable bonds is 10. The Kier molecular flexibility index (Phi) is 7.67. The van der Waals surface area contributed by atoms with Crippen LogP contribution in [-0.2, 0) is 14.3 Å². The van der Waals surface area contributed by atoms with Crippen LogP contribution in [0.5, 0.6) is 0 Å². The molecule has 0 fully saturated rings. The van der Waals surface area contributed by atoms with E-state index in [1.54, 1.807) is 0 Å². The molecule has 0 unspecified atom stereocenters. The molecule has 106 valence electrons. The number of carbonyl (C=O) groups excluding carboxylic acids is 1. The van der Waals surface area contributed by atoms with Gasteiger partial charge in [-0.1, -0.05) is 27.7 Å². The van der Waals surface area contributed by atoms with E-state index in [9.17, 15) is 4.79 Å². The summed E-state index contributed by atoms with van der Waals surface area (Å²) in [6.07, 6.45) is 5.39. The van der Waals surface area contributed by atoms with Crippen molar-refractivity contribution in [3.05, 3.63) is 12.5 Å². The van der Waals surface area contributed by atoms with E-state index in [1.165, 1.54) is 12.5 Å². The van der Waals surface area contributed by atoms with Gasteiger partial charge in [-0.15, -0.1) is 0 Å². The predicted molar refractivity (Wildman–Crippen MR) is 71.0 cm³/mol. The van der Waals surface area contributed by atoms with E-state index in [2.05, 4.69) is 0 Å². The van der Waals surface area contributed by atoms with Crippen molar-refractivity contribution < 1.29 is 19.4 Å². The van der Waals surface area contributed by atoms with Gasteiger partial charge < -0.3 is 19.4 Å². The molecular formula is C14H26O4. The highest BCUT2D eigenvalue weighted by Gasteiger charge is 2.16. The van der Waals surface area contributed by atoms with E-state index in [1.807, 2.05) is 27.7 Å². The van der Waals surface area contributed by atoms with Crippen LogP contribution in [0.1, 0.15) is 40.5 Å². The average molecular weight is 258 g/mol. The molecule has 0 bridgehead atoms. The Labute approximate surface area is 110 Å². The first-order valence-corrected chi connectivity index (χ1v) is 6.28. The monoisotopic (exact) mass is 258 g/mol. The van der Waals surface area contributed by atoms with E-state index in [0.717, 1.165) is 12.7 Å². The highest BCUT2D eigenvalue weighted by Crippen LogP contribution is 2.18. The van der Waals surface area contributed by atoms with Gasteiger partial charge in [-0.05, 0) is 18.3 Å². The lowest BCUT2D eigenvalue weighted by molar-refractivity contribution is -0.115. The third-order valence-electron chi connectivity index (χ3n) is 2.76. The number of aliphatic hydroxyl groups excluding tert-OH is 1. The summed E-state index contributed by atoms with van der Waals surface area (Å²) in [4.78, 5) is 10.6. The molecule has 0 amide bonds. The fourth-order valence-electron chi connectivity index (χ4n) is 1.01. The molecule has 0 aliphatic carbocycles. The number of hydrogen-bond acceptors (Lipinski definition) is 4. The zero-order valence-corrected chi connectivity index (χ0v) is 11.9. The van der Waals surface area contributed by atoms with Gasteiger partial charge in [0.25, 0.3) is 0 Å². The van der Waals surface area contributed by atoms with Crippen LogP contribution in [0, 0.1) is 10.8 Å². The van der Waals surface area contributed by atoms with Crippen molar-refractivity contribution in [2.24, 2.45) is 10.8 Å². The first kappa shape index (κ1) is 17.0. The van der Waals surface area contributed by atoms with Gasteiger partial charge in [0, 0.05) is 12.0 Å². The maximum Gasteiger partial charge on any atom is 0.125 e. The lowest BCUT2D eigenvalue weighted by Gasteiger charge is -2.20. The van der Waals surface area contributed by atoms with Crippen LogP contribution in [0.25, 0.3) is 0 Å². The topological polar surface area (TPSA) is 55.8 Å². The van der Waals surface area contributed by atoms with E-state index in [0.29, 0.717) is 19.6 Å². The molecule has 0 radical (unpaired) electrons. The molecule has 0 aromatic carbocycles. The lowest BCUT2D eigenvalue weighted by atomic mass is 9.91. The van der Waals surface area contributed by atoms with Gasteiger partial charge in [-0.3, -0.25) is 0 Å². The summed E-state index contributed by atoms with van der Waals surface area (Å²) in [5.41, 5.74) is -0.442. The summed E-state index contributed by atoms with van der Waals surface area (Å²) < 4.78 is 10.5. The van der Waals surface area contributed by atoms with Gasteiger partial charge in [0.15, 0.2) is 0 Å². The zero-order chi connectivity index (χ0) is 14.1. The predicted octanol–water partition coefficient (Wildman–Crippen LogP) is 2.51. The Hall–Kier alpha value is -1.03. The van der Waals surface area contributed by atoms with Gasteiger partial charge in [0.1, 0.15) is 18.8 Å². The van der Waals surface area contributed by atoms with Crippen LogP contribution in [-0.4, -0.2) is 31.2 Å². The van der Waals surface area contributed by atoms with Crippen LogP contribution < -0.4 is 0 Å². The van der Waals surface area contributed by atoms with Gasteiger partial charge >= 0.3 is 0 Å². The van der Waals surface area contributed by atoms with Crippen molar-refractivity contribution in [2.75, 3.05) is 19.8 Å². The molecule has 4 nitrogen and oxygen atoms in total. The van der Waals surface area contributed by atoms with Crippen molar-refractivity contribution in [3.8, 4) is 0 Å². The van der Waals surface area contributed by atoms with Crippen LogP contribution in [0.2, 0.25) is 0 Å². The Morgan fingerprint density at radius 3 is 1.94 bits per heavy atom. The normalized spacial score (nSPS) is 12.7. The van der Waals surface area contributed by atoms with Gasteiger partial charge in [0.05, 0.1) is 13.2 Å². The molecule has 0 aromatic heterocycles. The number of aldehydes is 1. The van der Waals surface area contributed by atoms with E-state index in [-0.39, 0.29) is 17.4 Å². The van der Waals surface area contributed by atoms with Crippen molar-refractivity contribution in [1.82, 2.24) is 0 Å². The highest BCUT2D eigenvalue weighted by molar-refractivity contribution is 5.57. The molecule has 0 heterocycles. The summed E-state index contributed by atoms with van der Waals surface area (Å²) in [5.74, 6) is 0. The van der Waals surface area contributed by atoms with Crippen molar-refractivity contribution in [2.45, 2.75) is 40.5 Å². The highest BCUT2D eigenvalue weighted by atomic mass is 16.5. The van der Waals surface area contributed by atoms with Crippen molar-refractivity contribution in [3.63, 3.8) is 0 Å². The summed E-state index contributed by atoms with van der Waals surface area (Å²) >= 11 is 0. The number of carbonyl (C=O) groups is 1. The fraction of sp³-hybridized carbons (Fsp3) is 0.786. The molecule has 18 heavy (non-hydrogen) atoms. The first-order chi connectivity index (χ1) is 8.33. The minimum atomic E-state index is -0.333. The molecule has 0 saturated carbocycles. The van der Waals surface area contributed by atoms with Crippen molar-refractivity contribution in [1.29, 1.82) is 0 Å². The molecule has 0 saturated heterocycles. The van der Waals surface area contributed by atoms with E-state index >= 15 is 0 Å². The molecular weight excluding hydrogens is 232 g/mol. The Balaban J connectivity index is 3.53. The third kappa shape index (κ3) is 9.05. The smallest absolute Gasteiger partial charge is 0.125 e. The SMILES string of the molecule is CC(C)(C=O)CCOC=COCCC(C)(C)CO. The molecule has 0 aliphatic rings. The van der Waals surface area contributed by atoms with E-state index in [4.69, 9.17) is 14.6 Å². The van der Waals surface area contributed by atoms with Crippen LogP contribution in [0.15, 0.2) is 12.5 Å². The second-order valence-electron chi connectivity index (χ2n) is 5.94. The van der Waals surface area contributed by atoms with E-state index < -0.39 is 0 Å². The molecule has 0 aliphatic heterocycles. The van der Waals surface area contributed by atoms with Crippen LogP contribution >= 0.6 is 0 Å². The van der Waals surface area contributed by atoms with Gasteiger partial charge in [0.2, 0.25) is 0 Å². The summed E-state index contributed by atoms with van der Waals surface area (Å²) in [5, 5.41) is 9.04. The van der Waals surface area contributed by atoms with Crippen molar-refractivity contribution >= 4 is 6.29 Å². The molecule has 1 N–H and O–H groups in total. The summed E-state index contributed by atoms with van der Waals surface area (Å²) in [6, 6.07) is 0. The molecule has 0 aromatic rings. The maximum atomic E-state index is 10.6. The second-order valence-corrected chi connectivity index (χ2v) is 5.94.